The lowest BCUT2D eigenvalue weighted by atomic mass is 10.1. The molecule has 0 radical (unpaired) electrons. The minimum Gasteiger partial charge on any atom is -0.483 e. The van der Waals surface area contributed by atoms with Crippen LogP contribution in [0.3, 0.4) is 0 Å². The number of rotatable bonds is 7. The van der Waals surface area contributed by atoms with Crippen molar-refractivity contribution < 1.29 is 19.1 Å². The second-order valence-corrected chi connectivity index (χ2v) is 7.93. The Bertz CT molecular complexity index is 1060. The number of benzene rings is 3. The molecule has 0 unspecified atom stereocenters. The average Bonchev–Trinajstić information content (AvgIpc) is 2.76. The molecule has 0 heterocycles. The zero-order chi connectivity index (χ0) is 22.2. The van der Waals surface area contributed by atoms with Gasteiger partial charge in [0.1, 0.15) is 5.75 Å². The van der Waals surface area contributed by atoms with E-state index in [-0.39, 0.29) is 24.0 Å². The summed E-state index contributed by atoms with van der Waals surface area (Å²) >= 11 is 15.2. The Morgan fingerprint density at radius 1 is 0.839 bits per heavy atom. The van der Waals surface area contributed by atoms with Gasteiger partial charge < -0.3 is 9.47 Å². The maximum Gasteiger partial charge on any atom is 0.276 e. The van der Waals surface area contributed by atoms with Crippen molar-refractivity contribution in [3.63, 3.8) is 0 Å². The van der Waals surface area contributed by atoms with Crippen LogP contribution in [0.15, 0.2) is 71.2 Å². The van der Waals surface area contributed by atoms with Crippen LogP contribution in [0.4, 0.5) is 0 Å². The van der Waals surface area contributed by atoms with E-state index in [1.807, 2.05) is 48.5 Å². The highest BCUT2D eigenvalue weighted by Crippen LogP contribution is 2.36. The average molecular weight is 524 g/mol. The van der Waals surface area contributed by atoms with Gasteiger partial charge in [0.05, 0.1) is 9.50 Å². The highest BCUT2D eigenvalue weighted by molar-refractivity contribution is 9.10. The number of nitrogens with one attached hydrogen (secondary N) is 2. The van der Waals surface area contributed by atoms with E-state index in [2.05, 4.69) is 26.8 Å². The number of hydrogen-bond donors (Lipinski definition) is 2. The maximum atomic E-state index is 12.1. The van der Waals surface area contributed by atoms with Gasteiger partial charge in [-0.3, -0.25) is 20.4 Å². The molecule has 9 heteroatoms. The summed E-state index contributed by atoms with van der Waals surface area (Å²) in [4.78, 5) is 24.0. The molecular formula is C22H17BrCl2N2O4. The lowest BCUT2D eigenvalue weighted by molar-refractivity contribution is -0.131. The molecular weight excluding hydrogens is 507 g/mol. The number of amides is 2. The number of halogens is 3. The molecule has 0 aromatic heterocycles. The van der Waals surface area contributed by atoms with Crippen molar-refractivity contribution in [2.75, 3.05) is 13.2 Å². The van der Waals surface area contributed by atoms with Crippen molar-refractivity contribution in [1.29, 1.82) is 0 Å². The molecule has 3 aromatic rings. The molecule has 160 valence electrons. The summed E-state index contributed by atoms with van der Waals surface area (Å²) in [6.45, 7) is -0.641. The molecule has 0 bridgehead atoms. The van der Waals surface area contributed by atoms with Crippen LogP contribution in [-0.2, 0) is 9.59 Å². The molecule has 0 aliphatic carbocycles. The number of hydrogen-bond acceptors (Lipinski definition) is 4. The smallest absolute Gasteiger partial charge is 0.276 e. The molecule has 0 aliphatic rings. The molecule has 0 saturated heterocycles. The lowest BCUT2D eigenvalue weighted by Crippen LogP contribution is -2.45. The summed E-state index contributed by atoms with van der Waals surface area (Å²) in [5, 5.41) is 0.677. The van der Waals surface area contributed by atoms with Crippen LogP contribution >= 0.6 is 39.1 Å². The predicted octanol–water partition coefficient (Wildman–Crippen LogP) is 5.03. The van der Waals surface area contributed by atoms with Crippen LogP contribution in [0.1, 0.15) is 0 Å². The second-order valence-electron chi connectivity index (χ2n) is 6.23. The van der Waals surface area contributed by atoms with Gasteiger partial charge >= 0.3 is 0 Å². The number of hydrazine groups is 1. The van der Waals surface area contributed by atoms with Crippen molar-refractivity contribution in [1.82, 2.24) is 10.9 Å². The third kappa shape index (κ3) is 6.62. The van der Waals surface area contributed by atoms with Crippen LogP contribution in [0.25, 0.3) is 11.1 Å². The zero-order valence-corrected chi connectivity index (χ0v) is 19.1. The van der Waals surface area contributed by atoms with Crippen LogP contribution < -0.4 is 20.3 Å². The normalized spacial score (nSPS) is 10.3. The molecule has 6 nitrogen and oxygen atoms in total. The Balaban J connectivity index is 1.48. The van der Waals surface area contributed by atoms with Crippen LogP contribution in [0.5, 0.6) is 11.5 Å². The van der Waals surface area contributed by atoms with E-state index in [0.29, 0.717) is 15.2 Å². The quantitative estimate of drug-likeness (QED) is 0.426. The molecule has 3 aromatic carbocycles. The molecule has 31 heavy (non-hydrogen) atoms. The molecule has 0 fully saturated rings. The van der Waals surface area contributed by atoms with Crippen molar-refractivity contribution in [2.45, 2.75) is 0 Å². The minimum atomic E-state index is -0.573. The highest BCUT2D eigenvalue weighted by atomic mass is 79.9. The van der Waals surface area contributed by atoms with Crippen LogP contribution in [0.2, 0.25) is 10.0 Å². The van der Waals surface area contributed by atoms with Gasteiger partial charge in [0.15, 0.2) is 19.0 Å². The predicted molar refractivity (Wildman–Crippen MR) is 123 cm³/mol. The zero-order valence-electron chi connectivity index (χ0n) is 16.0. The minimum absolute atomic E-state index is 0.252. The number of carbonyl (C=O) groups is 2. The monoisotopic (exact) mass is 522 g/mol. The first-order valence-corrected chi connectivity index (χ1v) is 10.6. The van der Waals surface area contributed by atoms with E-state index in [1.165, 1.54) is 6.07 Å². The first-order chi connectivity index (χ1) is 14.9. The van der Waals surface area contributed by atoms with E-state index in [1.54, 1.807) is 12.1 Å². The molecule has 0 aliphatic heterocycles. The van der Waals surface area contributed by atoms with Crippen LogP contribution in [0, 0.1) is 0 Å². The van der Waals surface area contributed by atoms with Crippen molar-refractivity contribution in [3.05, 3.63) is 81.2 Å². The largest absolute Gasteiger partial charge is 0.483 e. The Morgan fingerprint density at radius 3 is 2.13 bits per heavy atom. The van der Waals surface area contributed by atoms with E-state index >= 15 is 0 Å². The van der Waals surface area contributed by atoms with Gasteiger partial charge in [-0.2, -0.15) is 0 Å². The SMILES string of the molecule is O=C(COc1ccccc1-c1ccccc1)NNC(=O)COc1c(Cl)cc(Cl)cc1Br. The molecule has 2 N–H and O–H groups in total. The van der Waals surface area contributed by atoms with Gasteiger partial charge in [-0.15, -0.1) is 0 Å². The van der Waals surface area contributed by atoms with E-state index in [0.717, 1.165) is 11.1 Å². The summed E-state index contributed by atoms with van der Waals surface area (Å²) in [6.07, 6.45) is 0. The van der Waals surface area contributed by atoms with Crippen molar-refractivity contribution >= 4 is 50.9 Å². The standard InChI is InChI=1S/C22H17BrCl2N2O4/c23-17-10-15(24)11-18(25)22(17)31-13-21(29)27-26-20(28)12-30-19-9-5-4-8-16(19)14-6-2-1-3-7-14/h1-11H,12-13H2,(H,26,28)(H,27,29). The summed E-state index contributed by atoms with van der Waals surface area (Å²) in [6, 6.07) is 20.1. The Morgan fingerprint density at radius 2 is 1.45 bits per heavy atom. The molecule has 0 saturated carbocycles. The van der Waals surface area contributed by atoms with E-state index in [9.17, 15) is 9.59 Å². The number of carbonyl (C=O) groups excluding carboxylic acids is 2. The Hall–Kier alpha value is -2.74. The van der Waals surface area contributed by atoms with Gasteiger partial charge in [0.2, 0.25) is 0 Å². The fourth-order valence-corrected chi connectivity index (χ4v) is 3.98. The number of para-hydroxylation sites is 1. The second kappa shape index (κ2) is 11.0. The van der Waals surface area contributed by atoms with E-state index < -0.39 is 11.8 Å². The maximum absolute atomic E-state index is 12.1. The fourth-order valence-electron chi connectivity index (χ4n) is 2.61. The Kier molecular flexibility index (Phi) is 8.17. The van der Waals surface area contributed by atoms with E-state index in [4.69, 9.17) is 32.7 Å². The summed E-state index contributed by atoms with van der Waals surface area (Å²) in [7, 11) is 0. The third-order valence-electron chi connectivity index (χ3n) is 3.98. The van der Waals surface area contributed by atoms with Gasteiger partial charge in [-0.25, -0.2) is 0 Å². The summed E-state index contributed by atoms with van der Waals surface area (Å²) < 4.78 is 11.5. The first-order valence-electron chi connectivity index (χ1n) is 9.06. The molecule has 0 spiro atoms. The first kappa shape index (κ1) is 22.9. The van der Waals surface area contributed by atoms with Gasteiger partial charge in [0, 0.05) is 10.6 Å². The fraction of sp³-hybridized carbons (Fsp3) is 0.0909. The van der Waals surface area contributed by atoms with Crippen molar-refractivity contribution in [2.24, 2.45) is 0 Å². The Labute approximate surface area is 197 Å². The topological polar surface area (TPSA) is 76.7 Å². The van der Waals surface area contributed by atoms with Crippen LogP contribution in [-0.4, -0.2) is 25.0 Å². The molecule has 2 amide bonds. The third-order valence-corrected chi connectivity index (χ3v) is 5.07. The number of ether oxygens (including phenoxy) is 2. The van der Waals surface area contributed by atoms with Gasteiger partial charge in [-0.1, -0.05) is 71.7 Å². The summed E-state index contributed by atoms with van der Waals surface area (Å²) in [5.74, 6) is -0.271. The lowest BCUT2D eigenvalue weighted by Gasteiger charge is -2.13. The van der Waals surface area contributed by atoms with Crippen molar-refractivity contribution in [3.8, 4) is 22.6 Å². The summed E-state index contributed by atoms with van der Waals surface area (Å²) in [5.41, 5.74) is 6.36. The van der Waals surface area contributed by atoms with Gasteiger partial charge in [-0.05, 0) is 39.7 Å². The molecule has 0 atom stereocenters. The highest BCUT2D eigenvalue weighted by Gasteiger charge is 2.12. The van der Waals surface area contributed by atoms with Gasteiger partial charge in [0.25, 0.3) is 11.8 Å². The molecule has 3 rings (SSSR count).